The van der Waals surface area contributed by atoms with Gasteiger partial charge in [-0.1, -0.05) is 13.3 Å². The lowest BCUT2D eigenvalue weighted by Gasteiger charge is -2.34. The van der Waals surface area contributed by atoms with E-state index in [1.807, 2.05) is 20.8 Å². The lowest BCUT2D eigenvalue weighted by Crippen LogP contribution is -2.44. The van der Waals surface area contributed by atoms with E-state index in [9.17, 15) is 13.6 Å². The minimum absolute atomic E-state index is 0.183. The summed E-state index contributed by atoms with van der Waals surface area (Å²) in [5.41, 5.74) is 0.173. The molecule has 0 bridgehead atoms. The molecule has 2 aliphatic heterocycles. The molecule has 0 aromatic heterocycles. The minimum atomic E-state index is -0.636. The normalized spacial score (nSPS) is 19.2. The van der Waals surface area contributed by atoms with Crippen LogP contribution in [0.25, 0.3) is 0 Å². The summed E-state index contributed by atoms with van der Waals surface area (Å²) in [6, 6.07) is 2.89. The summed E-state index contributed by atoms with van der Waals surface area (Å²) < 4.78 is 40.7. The number of ether oxygens (including phenoxy) is 2. The first-order chi connectivity index (χ1) is 15.2. The number of likely N-dealkylation sites (tertiary alicyclic amines) is 2. The highest BCUT2D eigenvalue weighted by molar-refractivity contribution is 5.68. The zero-order valence-corrected chi connectivity index (χ0v) is 20.0. The number of hydrogen-bond acceptors (Lipinski definition) is 4. The summed E-state index contributed by atoms with van der Waals surface area (Å²) in [6.45, 7) is 11.6. The standard InChI is InChI=1S/C25H38F2N2O3/c1-5-6-11-28-12-7-18(8-13-28)19-16-21(26)23(22(27)17-19)31-20-9-14-29(15-10-20)24(30)32-25(2,3)4/h16-18,20H,5-15H2,1-4H3. The molecule has 0 saturated carbocycles. The van der Waals surface area contributed by atoms with Crippen LogP contribution in [0.1, 0.15) is 77.7 Å². The van der Waals surface area contributed by atoms with Crippen LogP contribution in [0.15, 0.2) is 12.1 Å². The van der Waals surface area contributed by atoms with E-state index >= 15 is 0 Å². The number of unbranched alkanes of at least 4 members (excludes halogenated alkanes) is 1. The Labute approximate surface area is 191 Å². The van der Waals surface area contributed by atoms with E-state index in [0.717, 1.165) is 38.0 Å². The van der Waals surface area contributed by atoms with Crippen LogP contribution in [-0.4, -0.2) is 60.3 Å². The van der Waals surface area contributed by atoms with Gasteiger partial charge in [0.05, 0.1) is 0 Å². The molecule has 3 rings (SSSR count). The number of halogens is 2. The number of nitrogens with zero attached hydrogens (tertiary/aromatic N) is 2. The van der Waals surface area contributed by atoms with Crippen LogP contribution in [0, 0.1) is 11.6 Å². The fourth-order valence-electron chi connectivity index (χ4n) is 4.45. The molecule has 0 aliphatic carbocycles. The van der Waals surface area contributed by atoms with Crippen LogP contribution in [0.5, 0.6) is 5.75 Å². The number of carbonyl (C=O) groups excluding carboxylic acids is 1. The van der Waals surface area contributed by atoms with Gasteiger partial charge in [-0.2, -0.15) is 0 Å². The van der Waals surface area contributed by atoms with Crippen LogP contribution < -0.4 is 4.74 Å². The van der Waals surface area contributed by atoms with Gasteiger partial charge in [0.2, 0.25) is 0 Å². The van der Waals surface area contributed by atoms with Crippen LogP contribution >= 0.6 is 0 Å². The first kappa shape index (κ1) is 24.7. The number of carbonyl (C=O) groups is 1. The molecule has 1 aromatic rings. The monoisotopic (exact) mass is 452 g/mol. The Hall–Kier alpha value is -1.89. The van der Waals surface area contributed by atoms with Gasteiger partial charge in [0.15, 0.2) is 17.4 Å². The molecule has 1 amide bonds. The Balaban J connectivity index is 1.54. The topological polar surface area (TPSA) is 42.0 Å². The zero-order chi connectivity index (χ0) is 23.3. The van der Waals surface area contributed by atoms with E-state index < -0.39 is 17.2 Å². The van der Waals surface area contributed by atoms with Crippen molar-refractivity contribution < 1.29 is 23.0 Å². The van der Waals surface area contributed by atoms with E-state index in [1.54, 1.807) is 4.90 Å². The van der Waals surface area contributed by atoms with Gasteiger partial charge in [-0.05, 0) is 83.3 Å². The van der Waals surface area contributed by atoms with Crippen molar-refractivity contribution in [1.29, 1.82) is 0 Å². The van der Waals surface area contributed by atoms with E-state index in [4.69, 9.17) is 9.47 Å². The fraction of sp³-hybridized carbons (Fsp3) is 0.720. The highest BCUT2D eigenvalue weighted by atomic mass is 19.1. The highest BCUT2D eigenvalue weighted by Gasteiger charge is 2.29. The van der Waals surface area contributed by atoms with E-state index in [2.05, 4.69) is 11.8 Å². The van der Waals surface area contributed by atoms with Crippen molar-refractivity contribution in [3.63, 3.8) is 0 Å². The third-order valence-electron chi connectivity index (χ3n) is 6.29. The predicted molar refractivity (Wildman–Crippen MR) is 121 cm³/mol. The molecule has 5 nitrogen and oxygen atoms in total. The van der Waals surface area contributed by atoms with Crippen molar-refractivity contribution in [2.45, 2.75) is 83.8 Å². The van der Waals surface area contributed by atoms with Gasteiger partial charge >= 0.3 is 6.09 Å². The molecule has 2 heterocycles. The lowest BCUT2D eigenvalue weighted by atomic mass is 9.89. The molecule has 0 spiro atoms. The first-order valence-corrected chi connectivity index (χ1v) is 12.0. The van der Waals surface area contributed by atoms with Crippen LogP contribution in [0.3, 0.4) is 0 Å². The van der Waals surface area contributed by atoms with Crippen LogP contribution in [0.2, 0.25) is 0 Å². The van der Waals surface area contributed by atoms with Gasteiger partial charge in [0.1, 0.15) is 11.7 Å². The molecule has 0 unspecified atom stereocenters. The van der Waals surface area contributed by atoms with Gasteiger partial charge in [0, 0.05) is 25.9 Å². The first-order valence-electron chi connectivity index (χ1n) is 12.0. The predicted octanol–water partition coefficient (Wildman–Crippen LogP) is 5.72. The summed E-state index contributed by atoms with van der Waals surface area (Å²) in [6.07, 6.45) is 4.54. The summed E-state index contributed by atoms with van der Waals surface area (Å²) >= 11 is 0. The summed E-state index contributed by atoms with van der Waals surface area (Å²) in [5.74, 6) is -1.39. The van der Waals surface area contributed by atoms with Gasteiger partial charge in [0.25, 0.3) is 0 Å². The summed E-state index contributed by atoms with van der Waals surface area (Å²) in [7, 11) is 0. The molecule has 2 saturated heterocycles. The fourth-order valence-corrected chi connectivity index (χ4v) is 4.45. The third-order valence-corrected chi connectivity index (χ3v) is 6.29. The van der Waals surface area contributed by atoms with Crippen molar-refractivity contribution >= 4 is 6.09 Å². The van der Waals surface area contributed by atoms with Gasteiger partial charge in [-0.3, -0.25) is 0 Å². The van der Waals surface area contributed by atoms with Crippen molar-refractivity contribution in [2.75, 3.05) is 32.7 Å². The minimum Gasteiger partial charge on any atom is -0.484 e. The molecule has 32 heavy (non-hydrogen) atoms. The van der Waals surface area contributed by atoms with Crippen LogP contribution in [-0.2, 0) is 4.74 Å². The third kappa shape index (κ3) is 6.80. The largest absolute Gasteiger partial charge is 0.484 e. The Morgan fingerprint density at radius 1 is 1.03 bits per heavy atom. The van der Waals surface area contributed by atoms with Crippen molar-refractivity contribution in [2.24, 2.45) is 0 Å². The second-order valence-corrected chi connectivity index (χ2v) is 10.1. The maximum Gasteiger partial charge on any atom is 0.410 e. The maximum atomic E-state index is 14.8. The SMILES string of the molecule is CCCCN1CCC(c2cc(F)c(OC3CCN(C(=O)OC(C)(C)C)CC3)c(F)c2)CC1. The van der Waals surface area contributed by atoms with Crippen LogP contribution in [0.4, 0.5) is 13.6 Å². The molecule has 1 aromatic carbocycles. The maximum absolute atomic E-state index is 14.8. The van der Waals surface area contributed by atoms with Crippen molar-refractivity contribution in [3.05, 3.63) is 29.3 Å². The Morgan fingerprint density at radius 2 is 1.62 bits per heavy atom. The van der Waals surface area contributed by atoms with Gasteiger partial charge < -0.3 is 19.3 Å². The van der Waals surface area contributed by atoms with Gasteiger partial charge in [-0.15, -0.1) is 0 Å². The molecule has 0 N–H and O–H groups in total. The van der Waals surface area contributed by atoms with E-state index in [-0.39, 0.29) is 23.9 Å². The molecule has 180 valence electrons. The number of amides is 1. The zero-order valence-electron chi connectivity index (χ0n) is 20.0. The highest BCUT2D eigenvalue weighted by Crippen LogP contribution is 2.34. The summed E-state index contributed by atoms with van der Waals surface area (Å²) in [5, 5.41) is 0. The number of piperidine rings is 2. The molecule has 0 atom stereocenters. The molecule has 0 radical (unpaired) electrons. The van der Waals surface area contributed by atoms with Crippen molar-refractivity contribution in [3.8, 4) is 5.75 Å². The second-order valence-electron chi connectivity index (χ2n) is 10.1. The Bertz CT molecular complexity index is 742. The molecule has 2 fully saturated rings. The lowest BCUT2D eigenvalue weighted by molar-refractivity contribution is 0.0119. The molecule has 2 aliphatic rings. The average molecular weight is 453 g/mol. The van der Waals surface area contributed by atoms with E-state index in [1.165, 1.54) is 25.0 Å². The van der Waals surface area contributed by atoms with Gasteiger partial charge in [-0.25, -0.2) is 13.6 Å². The van der Waals surface area contributed by atoms with Crippen molar-refractivity contribution in [1.82, 2.24) is 9.80 Å². The molecular formula is C25H38F2N2O3. The Kier molecular flexibility index (Phi) is 8.37. The summed E-state index contributed by atoms with van der Waals surface area (Å²) in [4.78, 5) is 16.2. The smallest absolute Gasteiger partial charge is 0.410 e. The number of hydrogen-bond donors (Lipinski definition) is 0. The Morgan fingerprint density at radius 3 is 2.16 bits per heavy atom. The second kappa shape index (κ2) is 10.8. The quantitative estimate of drug-likeness (QED) is 0.553. The molecular weight excluding hydrogens is 414 g/mol. The number of rotatable bonds is 6. The average Bonchev–Trinajstić information content (AvgIpc) is 2.74. The number of benzene rings is 1. The van der Waals surface area contributed by atoms with E-state index in [0.29, 0.717) is 25.9 Å². The molecule has 7 heteroatoms.